The highest BCUT2D eigenvalue weighted by Crippen LogP contribution is 2.44. The first-order valence-electron chi connectivity index (χ1n) is 26.5. The molecule has 0 unspecified atom stereocenters. The number of benzene rings is 2. The zero-order chi connectivity index (χ0) is 59.8. The molecule has 2 aromatic carbocycles. The van der Waals surface area contributed by atoms with Gasteiger partial charge in [-0.25, -0.2) is 9.59 Å². The number of nitrogens with two attached hydrogens (primary N) is 4. The van der Waals surface area contributed by atoms with Gasteiger partial charge in [0.1, 0.15) is 54.9 Å². The number of carbonyl (C=O) groups is 10. The Labute approximate surface area is 465 Å². The number of aliphatic carboxylic acids is 1. The molecule has 2 aromatic rings. The summed E-state index contributed by atoms with van der Waals surface area (Å²) >= 11 is 0. The van der Waals surface area contributed by atoms with Gasteiger partial charge in [-0.1, -0.05) is 76.2 Å². The summed E-state index contributed by atoms with van der Waals surface area (Å²) in [6.07, 6.45) is -0.139. The third-order valence-electron chi connectivity index (χ3n) is 12.6. The highest BCUT2D eigenvalue weighted by molar-refractivity contribution is 5.97. The summed E-state index contributed by atoms with van der Waals surface area (Å²) in [7, 11) is 0. The van der Waals surface area contributed by atoms with E-state index in [4.69, 9.17) is 27.7 Å². The van der Waals surface area contributed by atoms with Gasteiger partial charge in [-0.15, -0.1) is 0 Å². The number of amides is 9. The van der Waals surface area contributed by atoms with Crippen molar-refractivity contribution in [2.45, 2.75) is 148 Å². The molecular weight excluding hydrogens is 1040 g/mol. The van der Waals surface area contributed by atoms with Crippen LogP contribution in [0.3, 0.4) is 0 Å². The zero-order valence-electron chi connectivity index (χ0n) is 46.7. The van der Waals surface area contributed by atoms with Crippen LogP contribution in [0.25, 0.3) is 11.1 Å². The zero-order valence-corrected chi connectivity index (χ0v) is 46.7. The molecule has 27 nitrogen and oxygen atoms in total. The maximum atomic E-state index is 13.7. The van der Waals surface area contributed by atoms with Gasteiger partial charge in [-0.3, -0.25) is 48.3 Å². The summed E-state index contributed by atoms with van der Waals surface area (Å²) in [4.78, 5) is 139. The first kappa shape index (κ1) is 65.8. The fourth-order valence-electron chi connectivity index (χ4n) is 8.41. The van der Waals surface area contributed by atoms with Gasteiger partial charge in [0.2, 0.25) is 47.3 Å². The maximum absolute atomic E-state index is 13.7. The fraction of sp³-hybridized carbons (Fsp3) is 0.547. The molecule has 18 N–H and O–H groups in total. The number of rotatable bonds is 32. The molecule has 0 fully saturated rings. The van der Waals surface area contributed by atoms with Crippen LogP contribution in [0.5, 0.6) is 0 Å². The molecule has 0 heterocycles. The predicted octanol–water partition coefficient (Wildman–Crippen LogP) is -1.23. The monoisotopic (exact) mass is 1120 g/mol. The standard InChI is InChI=1S/C53H81N15O12/c1-27(2)23-40(47(74)60-25-42(69)65-41(24-28(3)4)49(76)63-31(7)44(71)67-39(50(77)78)20-14-22-59-52(56)57)68-45(72)30(6)61-43(70)29(5)62-48(75)38(19-13-21-58-51(54)55)66-46(73)32(8)64-53(79)80-26-37-35-17-11-9-15-33(35)34-16-10-12-18-36(34)37/h9-12,15-18,27-32,37-41H,13-14,19-26H2,1-8H3,(H,60,74)(H,61,70)(H,62,75)(H,63,76)(H,64,79)(H,65,69)(H,66,73)(H,67,71)(H,68,72)(H,77,78)(H4,54,55,58)(H4,56,57,59)/t29-,30-,31-,32-,38-,39-,40-,41-/m0/s1. The molecule has 440 valence electrons. The van der Waals surface area contributed by atoms with Gasteiger partial charge in [0.15, 0.2) is 11.9 Å². The molecule has 0 aliphatic heterocycles. The molecule has 1 aliphatic carbocycles. The van der Waals surface area contributed by atoms with E-state index in [1.165, 1.54) is 27.7 Å². The smallest absolute Gasteiger partial charge is 0.407 e. The third kappa shape index (κ3) is 22.1. The van der Waals surface area contributed by atoms with E-state index in [-0.39, 0.29) is 87.9 Å². The van der Waals surface area contributed by atoms with Crippen LogP contribution < -0.4 is 70.8 Å². The van der Waals surface area contributed by atoms with Crippen molar-refractivity contribution in [3.8, 4) is 11.1 Å². The number of nitrogens with zero attached hydrogens (tertiary/aromatic N) is 2. The quantitative estimate of drug-likeness (QED) is 0.0232. The Morgan fingerprint density at radius 1 is 0.500 bits per heavy atom. The molecule has 8 atom stereocenters. The minimum atomic E-state index is -1.31. The lowest BCUT2D eigenvalue weighted by atomic mass is 9.98. The number of aliphatic imine (C=N–C) groups is 2. The lowest BCUT2D eigenvalue weighted by Gasteiger charge is -2.25. The second kappa shape index (κ2) is 32.4. The second-order valence-corrected chi connectivity index (χ2v) is 20.4. The largest absolute Gasteiger partial charge is 0.480 e. The van der Waals surface area contributed by atoms with Crippen molar-refractivity contribution in [2.24, 2.45) is 44.8 Å². The van der Waals surface area contributed by atoms with Crippen LogP contribution in [-0.2, 0) is 47.9 Å². The Kier molecular flexibility index (Phi) is 26.6. The molecule has 3 rings (SSSR count). The van der Waals surface area contributed by atoms with Crippen molar-refractivity contribution < 1.29 is 57.8 Å². The molecule has 0 aromatic heterocycles. The SMILES string of the molecule is CC(C)C[C@H](NC(=O)CNC(=O)[C@H](CC(C)C)NC(=O)[C@H](C)NC(=O)[C@H](C)NC(=O)[C@H](CCCN=C(N)N)NC(=O)[C@H](C)NC(=O)OCC1c2ccccc2-c2ccccc21)C(=O)N[C@@H](C)C(=O)N[C@@H](CCCN=C(N)N)C(=O)O. The van der Waals surface area contributed by atoms with Crippen molar-refractivity contribution in [2.75, 3.05) is 26.2 Å². The Hall–Kier alpha value is -8.52. The van der Waals surface area contributed by atoms with Crippen LogP contribution in [-0.4, -0.2) is 151 Å². The first-order valence-corrected chi connectivity index (χ1v) is 26.5. The summed E-state index contributed by atoms with van der Waals surface area (Å²) < 4.78 is 5.58. The third-order valence-corrected chi connectivity index (χ3v) is 12.6. The minimum Gasteiger partial charge on any atom is -0.480 e. The van der Waals surface area contributed by atoms with E-state index in [1.54, 1.807) is 27.7 Å². The van der Waals surface area contributed by atoms with E-state index in [0.717, 1.165) is 22.3 Å². The van der Waals surface area contributed by atoms with E-state index in [2.05, 4.69) is 57.8 Å². The van der Waals surface area contributed by atoms with Gasteiger partial charge in [0, 0.05) is 19.0 Å². The average Bonchev–Trinajstić information content (AvgIpc) is 3.70. The van der Waals surface area contributed by atoms with Gasteiger partial charge in [-0.05, 0) is 100 Å². The summed E-state index contributed by atoms with van der Waals surface area (Å²) in [6.45, 7) is 12.3. The van der Waals surface area contributed by atoms with E-state index in [1.807, 2.05) is 48.5 Å². The van der Waals surface area contributed by atoms with Gasteiger partial charge >= 0.3 is 12.1 Å². The second-order valence-electron chi connectivity index (χ2n) is 20.4. The number of nitrogens with one attached hydrogen (secondary N) is 9. The van der Waals surface area contributed by atoms with E-state index < -0.39 is 114 Å². The molecule has 0 bridgehead atoms. The van der Waals surface area contributed by atoms with Crippen LogP contribution in [0.2, 0.25) is 0 Å². The molecule has 0 radical (unpaired) electrons. The summed E-state index contributed by atoms with van der Waals surface area (Å²) in [5, 5.41) is 32.2. The lowest BCUT2D eigenvalue weighted by Crippen LogP contribution is -2.58. The molecule has 27 heteroatoms. The molecule has 80 heavy (non-hydrogen) atoms. The number of ether oxygens (including phenoxy) is 1. The number of fused-ring (bicyclic) bond motifs is 3. The number of carboxylic acid groups (broad SMARTS) is 1. The van der Waals surface area contributed by atoms with Crippen LogP contribution in [0.15, 0.2) is 58.5 Å². The first-order chi connectivity index (χ1) is 37.7. The Bertz CT molecular complexity index is 2520. The average molecular weight is 1120 g/mol. The number of carboxylic acids is 1. The normalized spacial score (nSPS) is 14.5. The lowest BCUT2D eigenvalue weighted by molar-refractivity contribution is -0.142. The minimum absolute atomic E-state index is 0.00254. The highest BCUT2D eigenvalue weighted by Gasteiger charge is 2.33. The van der Waals surface area contributed by atoms with Crippen LogP contribution >= 0.6 is 0 Å². The molecule has 1 aliphatic rings. The number of alkyl carbamates (subject to hydrolysis) is 1. The number of carbonyl (C=O) groups excluding carboxylic acids is 9. The molecular formula is C53H81N15O12. The van der Waals surface area contributed by atoms with Crippen molar-refractivity contribution in [3.63, 3.8) is 0 Å². The van der Waals surface area contributed by atoms with Crippen LogP contribution in [0.1, 0.15) is 111 Å². The van der Waals surface area contributed by atoms with Gasteiger partial charge < -0.3 is 80.6 Å². The van der Waals surface area contributed by atoms with Crippen molar-refractivity contribution >= 4 is 71.2 Å². The molecule has 0 saturated carbocycles. The Morgan fingerprint density at radius 2 is 0.887 bits per heavy atom. The topological polar surface area (TPSA) is 437 Å². The van der Waals surface area contributed by atoms with Crippen molar-refractivity contribution in [1.29, 1.82) is 0 Å². The number of hydrogen-bond acceptors (Lipinski definition) is 13. The Balaban J connectivity index is 1.56. The Morgan fingerprint density at radius 3 is 1.35 bits per heavy atom. The molecule has 9 amide bonds. The fourth-order valence-corrected chi connectivity index (χ4v) is 8.41. The van der Waals surface area contributed by atoms with E-state index in [9.17, 15) is 53.1 Å². The van der Waals surface area contributed by atoms with Crippen LogP contribution in [0.4, 0.5) is 4.79 Å². The van der Waals surface area contributed by atoms with E-state index >= 15 is 0 Å². The van der Waals surface area contributed by atoms with Crippen molar-refractivity contribution in [3.05, 3.63) is 59.7 Å². The summed E-state index contributed by atoms with van der Waals surface area (Å²) in [5.41, 5.74) is 25.6. The summed E-state index contributed by atoms with van der Waals surface area (Å²) in [5.74, 6) is -8.30. The van der Waals surface area contributed by atoms with Crippen molar-refractivity contribution in [1.82, 2.24) is 47.9 Å². The van der Waals surface area contributed by atoms with Crippen LogP contribution in [0, 0.1) is 11.8 Å². The van der Waals surface area contributed by atoms with Gasteiger partial charge in [-0.2, -0.15) is 0 Å². The summed E-state index contributed by atoms with van der Waals surface area (Å²) in [6, 6.07) is 5.86. The van der Waals surface area contributed by atoms with Gasteiger partial charge in [0.05, 0.1) is 6.54 Å². The molecule has 0 spiro atoms. The van der Waals surface area contributed by atoms with Gasteiger partial charge in [0.25, 0.3) is 0 Å². The number of guanidine groups is 2. The highest BCUT2D eigenvalue weighted by atomic mass is 16.5. The molecule has 0 saturated heterocycles. The maximum Gasteiger partial charge on any atom is 0.407 e. The van der Waals surface area contributed by atoms with E-state index in [0.29, 0.717) is 0 Å². The predicted molar refractivity (Wildman–Crippen MR) is 298 cm³/mol. The number of hydrogen-bond donors (Lipinski definition) is 14.